The van der Waals surface area contributed by atoms with Crippen molar-refractivity contribution in [2.75, 3.05) is 0 Å². The zero-order valence-corrected chi connectivity index (χ0v) is 37.2. The highest BCUT2D eigenvalue weighted by Gasteiger charge is 2.25. The van der Waals surface area contributed by atoms with E-state index >= 15 is 0 Å². The SMILES string of the molecule is c1ccc(-c2cc(-c3ccc(-c4c(-c5ccccc5)c(-c5ccccc5)nc(-c5ccccc5)c4-c4ccccc4)cc3)nc(-c3cccc(-c4cccc5c4sc4ccccc45)c3)n2)cc1. The molecule has 0 fully saturated rings. The van der Waals surface area contributed by atoms with Gasteiger partial charge in [0.05, 0.1) is 22.8 Å². The molecule has 0 radical (unpaired) electrons. The summed E-state index contributed by atoms with van der Waals surface area (Å²) in [6.07, 6.45) is 0. The van der Waals surface area contributed by atoms with Crippen molar-refractivity contribution < 1.29 is 0 Å². The topological polar surface area (TPSA) is 38.7 Å². The molecule has 0 saturated heterocycles. The van der Waals surface area contributed by atoms with Crippen LogP contribution < -0.4 is 0 Å². The van der Waals surface area contributed by atoms with Crippen LogP contribution in [-0.4, -0.2) is 15.0 Å². The first kappa shape index (κ1) is 40.0. The van der Waals surface area contributed by atoms with Crippen LogP contribution in [0.4, 0.5) is 0 Å². The molecule has 9 aromatic carbocycles. The van der Waals surface area contributed by atoms with E-state index in [1.165, 1.54) is 25.7 Å². The molecule has 0 atom stereocenters. The van der Waals surface area contributed by atoms with Gasteiger partial charge in [-0.2, -0.15) is 0 Å². The summed E-state index contributed by atoms with van der Waals surface area (Å²) in [5, 5.41) is 2.57. The van der Waals surface area contributed by atoms with Gasteiger partial charge in [-0.05, 0) is 46.0 Å². The van der Waals surface area contributed by atoms with Gasteiger partial charge >= 0.3 is 0 Å². The Morgan fingerprint density at radius 3 is 1.27 bits per heavy atom. The lowest BCUT2D eigenvalue weighted by molar-refractivity contribution is 1.18. The summed E-state index contributed by atoms with van der Waals surface area (Å²) in [7, 11) is 0. The average Bonchev–Trinajstić information content (AvgIpc) is 3.81. The third-order valence-electron chi connectivity index (χ3n) is 12.5. The Hall–Kier alpha value is -8.57. The minimum absolute atomic E-state index is 0.678. The van der Waals surface area contributed by atoms with E-state index in [1.807, 2.05) is 17.4 Å². The number of rotatable bonds is 9. The van der Waals surface area contributed by atoms with E-state index in [0.717, 1.165) is 89.5 Å². The molecule has 0 N–H and O–H groups in total. The summed E-state index contributed by atoms with van der Waals surface area (Å²) >= 11 is 1.85. The van der Waals surface area contributed by atoms with Crippen LogP contribution in [0.2, 0.25) is 0 Å². The molecule has 0 unspecified atom stereocenters. The van der Waals surface area contributed by atoms with Gasteiger partial charge in [0, 0.05) is 64.7 Å². The first-order valence-corrected chi connectivity index (χ1v) is 23.4. The van der Waals surface area contributed by atoms with Crippen molar-refractivity contribution in [2.24, 2.45) is 0 Å². The number of nitrogens with zero attached hydrogens (tertiary/aromatic N) is 3. The average molecular weight is 872 g/mol. The standard InChI is InChI=1S/C63H41N3S/c1-6-20-42(21-7-1)54-41-55(65-63(64-54)50-31-18-30-49(40-50)51-33-19-34-53-52-32-16-17-35-56(52)67-62(51)53)43-36-38-46(39-37-43)57-58(44-22-8-2-9-23-44)60(47-26-12-4-13-27-47)66-61(48-28-14-5-15-29-48)59(57)45-24-10-3-11-25-45/h1-41H. The second-order valence-electron chi connectivity index (χ2n) is 16.7. The summed E-state index contributed by atoms with van der Waals surface area (Å²) in [5.41, 5.74) is 17.6. The van der Waals surface area contributed by atoms with E-state index in [9.17, 15) is 0 Å². The molecule has 3 heterocycles. The normalized spacial score (nSPS) is 11.3. The zero-order chi connectivity index (χ0) is 44.5. The fourth-order valence-electron chi connectivity index (χ4n) is 9.34. The fraction of sp³-hybridized carbons (Fsp3) is 0. The summed E-state index contributed by atoms with van der Waals surface area (Å²) in [6.45, 7) is 0. The van der Waals surface area contributed by atoms with Crippen molar-refractivity contribution >= 4 is 31.5 Å². The van der Waals surface area contributed by atoms with Crippen LogP contribution in [0.15, 0.2) is 249 Å². The van der Waals surface area contributed by atoms with E-state index in [2.05, 4.69) is 243 Å². The Labute approximate surface area is 394 Å². The molecule has 3 nitrogen and oxygen atoms in total. The molecule has 0 bridgehead atoms. The van der Waals surface area contributed by atoms with Crippen LogP contribution in [0.1, 0.15) is 0 Å². The Morgan fingerprint density at radius 1 is 0.269 bits per heavy atom. The monoisotopic (exact) mass is 871 g/mol. The van der Waals surface area contributed by atoms with Crippen LogP contribution in [-0.2, 0) is 0 Å². The van der Waals surface area contributed by atoms with Crippen molar-refractivity contribution in [1.29, 1.82) is 0 Å². The second kappa shape index (κ2) is 17.4. The van der Waals surface area contributed by atoms with Crippen LogP contribution in [0.25, 0.3) is 121 Å². The van der Waals surface area contributed by atoms with Crippen molar-refractivity contribution in [1.82, 2.24) is 15.0 Å². The zero-order valence-electron chi connectivity index (χ0n) is 36.4. The van der Waals surface area contributed by atoms with Gasteiger partial charge in [-0.3, -0.25) is 0 Å². The lowest BCUT2D eigenvalue weighted by Crippen LogP contribution is -2.01. The van der Waals surface area contributed by atoms with Crippen LogP contribution in [0.5, 0.6) is 0 Å². The van der Waals surface area contributed by atoms with Gasteiger partial charge in [-0.25, -0.2) is 15.0 Å². The highest BCUT2D eigenvalue weighted by molar-refractivity contribution is 7.26. The molecule has 4 heteroatoms. The van der Waals surface area contributed by atoms with Gasteiger partial charge in [0.2, 0.25) is 0 Å². The molecule has 67 heavy (non-hydrogen) atoms. The number of fused-ring (bicyclic) bond motifs is 3. The Kier molecular flexibility index (Phi) is 10.4. The Morgan fingerprint density at radius 2 is 0.687 bits per heavy atom. The largest absolute Gasteiger partial charge is 0.246 e. The second-order valence-corrected chi connectivity index (χ2v) is 17.7. The van der Waals surface area contributed by atoms with Gasteiger partial charge < -0.3 is 0 Å². The minimum atomic E-state index is 0.678. The van der Waals surface area contributed by atoms with Crippen LogP contribution in [0.3, 0.4) is 0 Å². The lowest BCUT2D eigenvalue weighted by Gasteiger charge is -2.23. The maximum absolute atomic E-state index is 5.63. The smallest absolute Gasteiger partial charge is 0.160 e. The van der Waals surface area contributed by atoms with Gasteiger partial charge in [-0.1, -0.05) is 231 Å². The van der Waals surface area contributed by atoms with Gasteiger partial charge in [0.25, 0.3) is 0 Å². The molecule has 0 saturated carbocycles. The predicted molar refractivity (Wildman–Crippen MR) is 282 cm³/mol. The fourth-order valence-corrected chi connectivity index (χ4v) is 10.6. The molecule has 0 aliphatic carbocycles. The Bertz CT molecular complexity index is 3600. The van der Waals surface area contributed by atoms with Crippen molar-refractivity contribution in [3.8, 4) is 101 Å². The predicted octanol–water partition coefficient (Wildman–Crippen LogP) is 17.2. The first-order valence-electron chi connectivity index (χ1n) is 22.6. The molecular weight excluding hydrogens is 831 g/mol. The number of hydrogen-bond donors (Lipinski definition) is 0. The molecular formula is C63H41N3S. The summed E-state index contributed by atoms with van der Waals surface area (Å²) < 4.78 is 2.58. The number of hydrogen-bond acceptors (Lipinski definition) is 4. The quantitative estimate of drug-likeness (QED) is 0.145. The lowest BCUT2D eigenvalue weighted by atomic mass is 9.83. The number of benzene rings is 9. The van der Waals surface area contributed by atoms with Crippen molar-refractivity contribution in [3.63, 3.8) is 0 Å². The van der Waals surface area contributed by atoms with E-state index in [0.29, 0.717) is 5.82 Å². The molecule has 314 valence electrons. The summed E-state index contributed by atoms with van der Waals surface area (Å²) in [4.78, 5) is 16.2. The van der Waals surface area contributed by atoms with Crippen LogP contribution in [0, 0.1) is 0 Å². The minimum Gasteiger partial charge on any atom is -0.246 e. The summed E-state index contributed by atoms with van der Waals surface area (Å²) in [6, 6.07) is 88.0. The molecule has 3 aromatic heterocycles. The van der Waals surface area contributed by atoms with E-state index in [4.69, 9.17) is 15.0 Å². The molecule has 0 aliphatic heterocycles. The van der Waals surface area contributed by atoms with Gasteiger partial charge in [0.15, 0.2) is 5.82 Å². The van der Waals surface area contributed by atoms with E-state index < -0.39 is 0 Å². The highest BCUT2D eigenvalue weighted by atomic mass is 32.1. The third kappa shape index (κ3) is 7.59. The molecule has 0 spiro atoms. The van der Waals surface area contributed by atoms with Crippen molar-refractivity contribution in [3.05, 3.63) is 249 Å². The summed E-state index contributed by atoms with van der Waals surface area (Å²) in [5.74, 6) is 0.678. The number of thiophene rings is 1. The number of pyridine rings is 1. The van der Waals surface area contributed by atoms with Gasteiger partial charge in [0.1, 0.15) is 0 Å². The molecule has 0 aliphatic rings. The molecule has 0 amide bonds. The van der Waals surface area contributed by atoms with Crippen LogP contribution >= 0.6 is 11.3 Å². The van der Waals surface area contributed by atoms with Gasteiger partial charge in [-0.15, -0.1) is 11.3 Å². The molecule has 12 rings (SSSR count). The maximum atomic E-state index is 5.63. The first-order chi connectivity index (χ1) is 33.2. The van der Waals surface area contributed by atoms with E-state index in [-0.39, 0.29) is 0 Å². The maximum Gasteiger partial charge on any atom is 0.160 e. The number of aromatic nitrogens is 3. The highest BCUT2D eigenvalue weighted by Crippen LogP contribution is 2.49. The molecule has 12 aromatic rings. The van der Waals surface area contributed by atoms with Crippen molar-refractivity contribution in [2.45, 2.75) is 0 Å². The van der Waals surface area contributed by atoms with E-state index in [1.54, 1.807) is 0 Å². The Balaban J connectivity index is 1.04. The third-order valence-corrected chi connectivity index (χ3v) is 13.7.